The maximum absolute atomic E-state index is 12.8. The number of para-hydroxylation sites is 1. The summed E-state index contributed by atoms with van der Waals surface area (Å²) in [5, 5.41) is 1.68. The fourth-order valence-electron chi connectivity index (χ4n) is 2.95. The Morgan fingerprint density at radius 1 is 1.08 bits per heavy atom. The number of anilines is 1. The third-order valence-electron chi connectivity index (χ3n) is 4.63. The molecule has 1 aliphatic heterocycles. The van der Waals surface area contributed by atoms with Gasteiger partial charge < -0.3 is 0 Å². The number of rotatable bonds is 4. The van der Waals surface area contributed by atoms with Crippen molar-refractivity contribution in [3.05, 3.63) is 65.7 Å². The Kier molecular flexibility index (Phi) is 4.79. The summed E-state index contributed by atoms with van der Waals surface area (Å²) in [6.07, 6.45) is 1.79. The summed E-state index contributed by atoms with van der Waals surface area (Å²) in [7, 11) is 1.90. The molecule has 1 heterocycles. The average molecular weight is 334 g/mol. The van der Waals surface area contributed by atoms with Gasteiger partial charge in [0, 0.05) is 13.1 Å². The summed E-state index contributed by atoms with van der Waals surface area (Å²) < 4.78 is 1.88. The number of nitrogens with zero attached hydrogens (tertiary/aromatic N) is 3. The summed E-state index contributed by atoms with van der Waals surface area (Å²) >= 11 is 0. The summed E-state index contributed by atoms with van der Waals surface area (Å²) in [6.45, 7) is 6.30. The number of carbonyl (C=O) groups is 1. The minimum Gasteiger partial charge on any atom is -0.268 e. The molecule has 0 radical (unpaired) electrons. The van der Waals surface area contributed by atoms with Gasteiger partial charge in [0.25, 0.3) is 0 Å². The Morgan fingerprint density at radius 3 is 2.32 bits per heavy atom. The quantitative estimate of drug-likeness (QED) is 0.621. The number of amides is 1. The smallest absolute Gasteiger partial charge is 0.268 e. The molecule has 0 fully saturated rings. The molecular weight excluding hydrogens is 310 g/mol. The summed E-state index contributed by atoms with van der Waals surface area (Å²) in [5.74, 6) is 0.479. The molecule has 0 aliphatic carbocycles. The highest BCUT2D eigenvalue weighted by Crippen LogP contribution is 2.21. The van der Waals surface area contributed by atoms with Gasteiger partial charge in [0.05, 0.1) is 0 Å². The molecule has 0 bridgehead atoms. The molecule has 0 unspecified atom stereocenters. The lowest BCUT2D eigenvalue weighted by atomic mass is 10.0. The predicted molar refractivity (Wildman–Crippen MR) is 103 cm³/mol. The normalized spacial score (nSPS) is 18.0. The fourth-order valence-corrected chi connectivity index (χ4v) is 2.95. The van der Waals surface area contributed by atoms with Gasteiger partial charge in [0.15, 0.2) is 7.05 Å². The van der Waals surface area contributed by atoms with Crippen molar-refractivity contribution in [3.63, 3.8) is 0 Å². The van der Waals surface area contributed by atoms with Crippen LogP contribution < -0.4 is 5.01 Å². The van der Waals surface area contributed by atoms with Gasteiger partial charge in [0.2, 0.25) is 11.8 Å². The van der Waals surface area contributed by atoms with Gasteiger partial charge in [-0.1, -0.05) is 61.3 Å². The number of hydrazone groups is 1. The summed E-state index contributed by atoms with van der Waals surface area (Å²) in [6, 6.07) is 17.5. The topological polar surface area (TPSA) is 35.7 Å². The van der Waals surface area contributed by atoms with Crippen molar-refractivity contribution in [1.29, 1.82) is 0 Å². The second kappa shape index (κ2) is 7.01. The molecule has 1 atom stereocenters. The zero-order valence-electron chi connectivity index (χ0n) is 15.2. The van der Waals surface area contributed by atoms with E-state index in [1.807, 2.05) is 61.1 Å². The van der Waals surface area contributed by atoms with Crippen LogP contribution in [0.15, 0.2) is 59.6 Å². The van der Waals surface area contributed by atoms with Crippen molar-refractivity contribution in [3.8, 4) is 0 Å². The molecule has 3 rings (SSSR count). The van der Waals surface area contributed by atoms with Crippen LogP contribution in [-0.2, 0) is 4.79 Å². The van der Waals surface area contributed by atoms with Crippen LogP contribution in [-0.4, -0.2) is 35.6 Å². The highest BCUT2D eigenvalue weighted by atomic mass is 16.2. The molecule has 0 saturated carbocycles. The molecule has 1 aliphatic rings. The second-order valence-electron chi connectivity index (χ2n) is 6.65. The molecule has 1 amide bonds. The molecular formula is C21H24N3O+. The van der Waals surface area contributed by atoms with Gasteiger partial charge >= 0.3 is 5.91 Å². The lowest BCUT2D eigenvalue weighted by molar-refractivity contribution is -0.495. The highest BCUT2D eigenvalue weighted by molar-refractivity contribution is 6.15. The summed E-state index contributed by atoms with van der Waals surface area (Å²) in [5.41, 5.74) is 4.08. The third-order valence-corrected chi connectivity index (χ3v) is 4.63. The van der Waals surface area contributed by atoms with Crippen LogP contribution in [0.5, 0.6) is 0 Å². The third kappa shape index (κ3) is 3.38. The Morgan fingerprint density at radius 2 is 1.72 bits per heavy atom. The van der Waals surface area contributed by atoms with Crippen LogP contribution in [0.4, 0.5) is 5.69 Å². The first kappa shape index (κ1) is 17.1. The first-order valence-corrected chi connectivity index (χ1v) is 8.58. The van der Waals surface area contributed by atoms with Gasteiger partial charge in [-0.25, -0.2) is 0 Å². The Hall–Kier alpha value is -2.75. The molecule has 2 aromatic rings. The Labute approximate surface area is 149 Å². The van der Waals surface area contributed by atoms with Crippen molar-refractivity contribution in [2.24, 2.45) is 4.99 Å². The van der Waals surface area contributed by atoms with Crippen molar-refractivity contribution in [1.82, 2.24) is 0 Å². The number of aliphatic imine (C=N–C) groups is 1. The minimum atomic E-state index is -0.477. The molecule has 2 aromatic carbocycles. The number of hydrogen-bond acceptors (Lipinski definition) is 2. The van der Waals surface area contributed by atoms with E-state index < -0.39 is 6.04 Å². The zero-order valence-corrected chi connectivity index (χ0v) is 15.2. The van der Waals surface area contributed by atoms with E-state index in [2.05, 4.69) is 31.0 Å². The van der Waals surface area contributed by atoms with Gasteiger partial charge in [-0.3, -0.25) is 9.79 Å². The number of hydrogen-bond donors (Lipinski definition) is 0. The number of carbonyl (C=O) groups excluding carboxylic acids is 1. The average Bonchev–Trinajstić information content (AvgIpc) is 2.83. The standard InChI is InChI=1S/C21H24N3O/c1-15(2)18-12-10-17(11-13-18)14-22-20-16(3)23(4)24(21(20)25)19-8-6-5-7-9-19/h5-15,20H,1-4H3/q+1/t20-/m1/s1. The second-order valence-corrected chi connectivity index (χ2v) is 6.65. The molecule has 25 heavy (non-hydrogen) atoms. The molecule has 128 valence electrons. The molecule has 0 spiro atoms. The number of hydrazine groups is 1. The van der Waals surface area contributed by atoms with Gasteiger partial charge in [-0.15, -0.1) is 4.68 Å². The van der Waals surface area contributed by atoms with Gasteiger partial charge in [-0.05, 0) is 29.2 Å². The lowest BCUT2D eigenvalue weighted by Gasteiger charge is -2.10. The Bertz CT molecular complexity index is 820. The van der Waals surface area contributed by atoms with Crippen LogP contribution in [0.1, 0.15) is 37.8 Å². The monoisotopic (exact) mass is 334 g/mol. The largest absolute Gasteiger partial charge is 0.318 e. The van der Waals surface area contributed by atoms with E-state index in [-0.39, 0.29) is 5.91 Å². The summed E-state index contributed by atoms with van der Waals surface area (Å²) in [4.78, 5) is 17.4. The van der Waals surface area contributed by atoms with Crippen molar-refractivity contribution in [2.75, 3.05) is 12.1 Å². The van der Waals surface area contributed by atoms with E-state index in [1.165, 1.54) is 5.56 Å². The van der Waals surface area contributed by atoms with Gasteiger partial charge in [0.1, 0.15) is 5.69 Å². The molecule has 0 saturated heterocycles. The van der Waals surface area contributed by atoms with Crippen LogP contribution in [0.25, 0.3) is 0 Å². The fraction of sp³-hybridized carbons (Fsp3) is 0.286. The lowest BCUT2D eigenvalue weighted by Crippen LogP contribution is -2.35. The zero-order chi connectivity index (χ0) is 18.0. The predicted octanol–water partition coefficient (Wildman–Crippen LogP) is 3.66. The van der Waals surface area contributed by atoms with E-state index in [0.29, 0.717) is 5.92 Å². The highest BCUT2D eigenvalue weighted by Gasteiger charge is 2.44. The van der Waals surface area contributed by atoms with Crippen LogP contribution in [0.2, 0.25) is 0 Å². The van der Waals surface area contributed by atoms with Crippen molar-refractivity contribution in [2.45, 2.75) is 32.7 Å². The SMILES string of the molecule is CC1=[N+](C)N(c2ccccc2)C(=O)[C@@H]1N=Cc1ccc(C(C)C)cc1. The number of benzene rings is 2. The van der Waals surface area contributed by atoms with Crippen LogP contribution in [0, 0.1) is 0 Å². The van der Waals surface area contributed by atoms with E-state index in [4.69, 9.17) is 0 Å². The van der Waals surface area contributed by atoms with Crippen LogP contribution in [0.3, 0.4) is 0 Å². The first-order chi connectivity index (χ1) is 12.0. The first-order valence-electron chi connectivity index (χ1n) is 8.58. The van der Waals surface area contributed by atoms with Crippen molar-refractivity contribution >= 4 is 23.5 Å². The molecule has 0 aromatic heterocycles. The van der Waals surface area contributed by atoms with Crippen molar-refractivity contribution < 1.29 is 9.48 Å². The van der Waals surface area contributed by atoms with Crippen LogP contribution >= 0.6 is 0 Å². The molecule has 0 N–H and O–H groups in total. The van der Waals surface area contributed by atoms with E-state index >= 15 is 0 Å². The van der Waals surface area contributed by atoms with E-state index in [1.54, 1.807) is 11.2 Å². The van der Waals surface area contributed by atoms with E-state index in [0.717, 1.165) is 17.0 Å². The molecule has 4 heteroatoms. The van der Waals surface area contributed by atoms with E-state index in [9.17, 15) is 4.79 Å². The maximum Gasteiger partial charge on any atom is 0.318 e. The maximum atomic E-state index is 12.8. The van der Waals surface area contributed by atoms with Gasteiger partial charge in [-0.2, -0.15) is 0 Å². The minimum absolute atomic E-state index is 0.0266. The Balaban J connectivity index is 1.82. The molecule has 4 nitrogen and oxygen atoms in total.